The van der Waals surface area contributed by atoms with Crippen LogP contribution < -0.4 is 0 Å². The SMILES string of the molecule is N#Cc1ccc(-c2ccc(C3CC4CC5CC(c6ccc(-c7cccc8c(-c9nc(-c%10ccccc%10)nc(-c%10ccccc%10)n9)cccc78)cc6)C453)cc2)cc1. The van der Waals surface area contributed by atoms with Crippen molar-refractivity contribution in [1.82, 2.24) is 15.0 Å². The average molecular weight is 719 g/mol. The Morgan fingerprint density at radius 2 is 0.875 bits per heavy atom. The van der Waals surface area contributed by atoms with E-state index in [1.54, 1.807) is 0 Å². The van der Waals surface area contributed by atoms with Crippen LogP contribution in [-0.4, -0.2) is 15.0 Å². The molecule has 266 valence electrons. The monoisotopic (exact) mass is 718 g/mol. The third-order valence-corrected chi connectivity index (χ3v) is 13.4. The van der Waals surface area contributed by atoms with Crippen molar-refractivity contribution in [2.24, 2.45) is 17.3 Å². The number of nitriles is 1. The lowest BCUT2D eigenvalue weighted by Crippen LogP contribution is -2.70. The molecule has 11 rings (SSSR count). The van der Waals surface area contributed by atoms with Gasteiger partial charge < -0.3 is 0 Å². The van der Waals surface area contributed by atoms with Crippen molar-refractivity contribution in [2.45, 2.75) is 31.1 Å². The molecule has 1 heterocycles. The van der Waals surface area contributed by atoms with Crippen molar-refractivity contribution in [3.63, 3.8) is 0 Å². The highest BCUT2D eigenvalue weighted by Gasteiger charge is 2.75. The molecule has 0 amide bonds. The molecule has 3 saturated carbocycles. The van der Waals surface area contributed by atoms with E-state index in [1.807, 2.05) is 48.5 Å². The van der Waals surface area contributed by atoms with Crippen molar-refractivity contribution in [2.75, 3.05) is 0 Å². The molecule has 0 aliphatic heterocycles. The lowest BCUT2D eigenvalue weighted by Gasteiger charge is -2.79. The molecule has 0 saturated heterocycles. The zero-order chi connectivity index (χ0) is 37.2. The first-order valence-corrected chi connectivity index (χ1v) is 19.8. The van der Waals surface area contributed by atoms with Crippen LogP contribution in [-0.2, 0) is 0 Å². The van der Waals surface area contributed by atoms with Crippen LogP contribution in [0.1, 0.15) is 47.8 Å². The van der Waals surface area contributed by atoms with E-state index in [4.69, 9.17) is 15.0 Å². The van der Waals surface area contributed by atoms with E-state index in [1.165, 1.54) is 52.5 Å². The van der Waals surface area contributed by atoms with Gasteiger partial charge in [-0.2, -0.15) is 5.26 Å². The number of hydrogen-bond donors (Lipinski definition) is 0. The van der Waals surface area contributed by atoms with Crippen LogP contribution in [0.15, 0.2) is 170 Å². The Labute approximate surface area is 327 Å². The van der Waals surface area contributed by atoms with Crippen LogP contribution in [0.2, 0.25) is 0 Å². The van der Waals surface area contributed by atoms with Crippen LogP contribution in [0.3, 0.4) is 0 Å². The van der Waals surface area contributed by atoms with E-state index in [0.717, 1.165) is 39.5 Å². The highest BCUT2D eigenvalue weighted by molar-refractivity contribution is 6.03. The zero-order valence-corrected chi connectivity index (χ0v) is 30.9. The van der Waals surface area contributed by atoms with Crippen molar-refractivity contribution >= 4 is 10.8 Å². The van der Waals surface area contributed by atoms with Gasteiger partial charge in [0.1, 0.15) is 0 Å². The summed E-state index contributed by atoms with van der Waals surface area (Å²) in [6, 6.07) is 62.3. The van der Waals surface area contributed by atoms with Crippen molar-refractivity contribution in [3.8, 4) is 62.5 Å². The molecule has 4 nitrogen and oxygen atoms in total. The fourth-order valence-corrected chi connectivity index (χ4v) is 10.6. The van der Waals surface area contributed by atoms with Gasteiger partial charge in [0.15, 0.2) is 17.5 Å². The molecule has 3 aliphatic rings. The fourth-order valence-electron chi connectivity index (χ4n) is 10.6. The van der Waals surface area contributed by atoms with Crippen LogP contribution in [0.4, 0.5) is 0 Å². The number of hydrogen-bond acceptors (Lipinski definition) is 4. The summed E-state index contributed by atoms with van der Waals surface area (Å²) in [4.78, 5) is 15.0. The van der Waals surface area contributed by atoms with E-state index in [0.29, 0.717) is 40.3 Å². The number of aromatic nitrogens is 3. The van der Waals surface area contributed by atoms with Crippen LogP contribution in [0.5, 0.6) is 0 Å². The maximum Gasteiger partial charge on any atom is 0.164 e. The van der Waals surface area contributed by atoms with E-state index in [2.05, 4.69) is 127 Å². The number of nitrogens with zero attached hydrogens (tertiary/aromatic N) is 4. The van der Waals surface area contributed by atoms with Gasteiger partial charge in [0, 0.05) is 16.7 Å². The first-order valence-electron chi connectivity index (χ1n) is 19.8. The Bertz CT molecular complexity index is 2730. The zero-order valence-electron chi connectivity index (χ0n) is 30.9. The maximum absolute atomic E-state index is 9.20. The lowest BCUT2D eigenvalue weighted by atomic mass is 9.25. The van der Waals surface area contributed by atoms with Gasteiger partial charge in [-0.25, -0.2) is 15.0 Å². The number of rotatable bonds is 7. The predicted molar refractivity (Wildman–Crippen MR) is 224 cm³/mol. The Hall–Kier alpha value is -6.70. The van der Waals surface area contributed by atoms with Crippen LogP contribution in [0, 0.1) is 28.6 Å². The molecule has 3 aliphatic carbocycles. The van der Waals surface area contributed by atoms with Gasteiger partial charge in [0.05, 0.1) is 11.6 Å². The minimum absolute atomic E-state index is 0.410. The molecular weight excluding hydrogens is 681 g/mol. The Morgan fingerprint density at radius 3 is 1.39 bits per heavy atom. The fraction of sp³-hybridized carbons (Fsp3) is 0.154. The van der Waals surface area contributed by atoms with Gasteiger partial charge >= 0.3 is 0 Å². The summed E-state index contributed by atoms with van der Waals surface area (Å²) in [5.41, 5.74) is 11.8. The number of benzene rings is 7. The second-order valence-electron chi connectivity index (χ2n) is 15.9. The maximum atomic E-state index is 9.20. The van der Waals surface area contributed by atoms with Gasteiger partial charge in [0.2, 0.25) is 0 Å². The molecule has 5 unspecified atom stereocenters. The molecule has 7 aromatic carbocycles. The predicted octanol–water partition coefficient (Wildman–Crippen LogP) is 12.5. The van der Waals surface area contributed by atoms with E-state index < -0.39 is 0 Å². The molecular formula is C52H38N4. The molecule has 0 N–H and O–H groups in total. The van der Waals surface area contributed by atoms with Crippen LogP contribution in [0.25, 0.3) is 67.2 Å². The van der Waals surface area contributed by atoms with Crippen molar-refractivity contribution in [3.05, 3.63) is 187 Å². The highest BCUT2D eigenvalue weighted by atomic mass is 15.0. The van der Waals surface area contributed by atoms with E-state index in [-0.39, 0.29) is 0 Å². The standard InChI is InChI=1S/C52H38N4/c53-32-33-17-19-34(20-18-33)35-21-25-37(26-22-35)47-30-41-29-42-31-48(52(41,42)47)38-27-23-36(24-28-38)43-13-7-15-45-44(43)14-8-16-46(45)51-55-49(39-9-3-1-4-10-39)54-50(56-51)40-11-5-2-6-12-40/h1-28,41-42,47-48H,29-31H2. The van der Waals surface area contributed by atoms with E-state index in [9.17, 15) is 5.26 Å². The molecule has 56 heavy (non-hydrogen) atoms. The molecule has 8 aromatic rings. The largest absolute Gasteiger partial charge is 0.208 e. The van der Waals surface area contributed by atoms with Crippen molar-refractivity contribution in [1.29, 1.82) is 5.26 Å². The lowest BCUT2D eigenvalue weighted by molar-refractivity contribution is -0.253. The third kappa shape index (κ3) is 5.08. The number of fused-ring (bicyclic) bond motifs is 1. The smallest absolute Gasteiger partial charge is 0.164 e. The molecule has 1 spiro atoms. The third-order valence-electron chi connectivity index (χ3n) is 13.4. The normalized spacial score (nSPS) is 21.8. The summed E-state index contributed by atoms with van der Waals surface area (Å²) in [5.74, 6) is 4.91. The minimum atomic E-state index is 0.410. The second-order valence-corrected chi connectivity index (χ2v) is 15.9. The molecule has 5 atom stereocenters. The van der Waals surface area contributed by atoms with Crippen molar-refractivity contribution < 1.29 is 0 Å². The summed E-state index contributed by atoms with van der Waals surface area (Å²) in [5, 5.41) is 11.5. The molecule has 0 radical (unpaired) electrons. The van der Waals surface area contributed by atoms with Gasteiger partial charge in [-0.3, -0.25) is 0 Å². The van der Waals surface area contributed by atoms with Gasteiger partial charge in [-0.05, 0) is 105 Å². The summed E-state index contributed by atoms with van der Waals surface area (Å²) >= 11 is 0. The Kier molecular flexibility index (Phi) is 7.57. The Balaban J connectivity index is 0.900. The van der Waals surface area contributed by atoms with Gasteiger partial charge in [-0.1, -0.05) is 158 Å². The minimum Gasteiger partial charge on any atom is -0.208 e. The van der Waals surface area contributed by atoms with E-state index >= 15 is 0 Å². The Morgan fingerprint density at radius 1 is 0.411 bits per heavy atom. The summed E-state index contributed by atoms with van der Waals surface area (Å²) in [6.07, 6.45) is 4.00. The summed E-state index contributed by atoms with van der Waals surface area (Å²) < 4.78 is 0. The first-order chi connectivity index (χ1) is 27.7. The van der Waals surface area contributed by atoms with Gasteiger partial charge in [0.25, 0.3) is 0 Å². The quantitative estimate of drug-likeness (QED) is 0.165. The van der Waals surface area contributed by atoms with Crippen LogP contribution >= 0.6 is 0 Å². The second kappa shape index (κ2) is 13.0. The molecule has 0 bridgehead atoms. The average Bonchev–Trinajstić information content (AvgIpc) is 3.26. The van der Waals surface area contributed by atoms with Gasteiger partial charge in [-0.15, -0.1) is 0 Å². The first kappa shape index (κ1) is 32.7. The molecule has 3 fully saturated rings. The molecule has 4 heteroatoms. The highest BCUT2D eigenvalue weighted by Crippen LogP contribution is 2.84. The summed E-state index contributed by atoms with van der Waals surface area (Å²) in [6.45, 7) is 0. The summed E-state index contributed by atoms with van der Waals surface area (Å²) in [7, 11) is 0. The topological polar surface area (TPSA) is 62.5 Å². The molecule has 1 aromatic heterocycles.